The van der Waals surface area contributed by atoms with Crippen LogP contribution in [-0.4, -0.2) is 36.1 Å². The van der Waals surface area contributed by atoms with Crippen LogP contribution >= 0.6 is 0 Å². The zero-order valence-corrected chi connectivity index (χ0v) is 11.3. The second kappa shape index (κ2) is 7.13. The Morgan fingerprint density at radius 1 is 1.44 bits per heavy atom. The lowest BCUT2D eigenvalue weighted by Gasteiger charge is -2.23. The highest BCUT2D eigenvalue weighted by Crippen LogP contribution is 2.13. The van der Waals surface area contributed by atoms with E-state index in [1.807, 2.05) is 37.2 Å². The van der Waals surface area contributed by atoms with Crippen molar-refractivity contribution >= 4 is 11.6 Å². The van der Waals surface area contributed by atoms with Gasteiger partial charge in [0.05, 0.1) is 12.6 Å². The van der Waals surface area contributed by atoms with Crippen LogP contribution in [0.4, 0.5) is 5.69 Å². The van der Waals surface area contributed by atoms with E-state index in [1.165, 1.54) is 0 Å². The first kappa shape index (κ1) is 14.7. The maximum absolute atomic E-state index is 12.1. The van der Waals surface area contributed by atoms with Crippen molar-refractivity contribution < 1.29 is 9.90 Å². The molecular weight excluding hydrogens is 228 g/mol. The van der Waals surface area contributed by atoms with Gasteiger partial charge in [-0.1, -0.05) is 25.5 Å². The number of amides is 1. The molecule has 0 aliphatic rings. The SMILES string of the molecule is CCCC(C(=O)Nc1cccc(CO)c1)N(C)C. The molecule has 0 heterocycles. The number of likely N-dealkylation sites (N-methyl/N-ethyl adjacent to an activating group) is 1. The van der Waals surface area contributed by atoms with E-state index < -0.39 is 0 Å². The van der Waals surface area contributed by atoms with Crippen molar-refractivity contribution in [3.63, 3.8) is 0 Å². The highest BCUT2D eigenvalue weighted by atomic mass is 16.3. The molecule has 1 atom stereocenters. The van der Waals surface area contributed by atoms with Crippen molar-refractivity contribution in [1.82, 2.24) is 4.90 Å². The number of nitrogens with zero attached hydrogens (tertiary/aromatic N) is 1. The summed E-state index contributed by atoms with van der Waals surface area (Å²) in [6, 6.07) is 7.15. The van der Waals surface area contributed by atoms with Crippen LogP contribution in [0.1, 0.15) is 25.3 Å². The maximum atomic E-state index is 12.1. The van der Waals surface area contributed by atoms with Gasteiger partial charge in [-0.2, -0.15) is 0 Å². The summed E-state index contributed by atoms with van der Waals surface area (Å²) in [5.74, 6) is -0.00283. The number of hydrogen-bond acceptors (Lipinski definition) is 3. The van der Waals surface area contributed by atoms with Gasteiger partial charge in [0.2, 0.25) is 5.91 Å². The third-order valence-corrected chi connectivity index (χ3v) is 2.87. The van der Waals surface area contributed by atoms with Crippen LogP contribution in [0.25, 0.3) is 0 Å². The first-order chi connectivity index (χ1) is 8.58. The van der Waals surface area contributed by atoms with Gasteiger partial charge < -0.3 is 10.4 Å². The molecule has 2 N–H and O–H groups in total. The summed E-state index contributed by atoms with van der Waals surface area (Å²) in [4.78, 5) is 14.1. The third kappa shape index (κ3) is 4.13. The number of hydrogen-bond donors (Lipinski definition) is 2. The number of carbonyl (C=O) groups is 1. The number of rotatable bonds is 6. The predicted molar refractivity (Wildman–Crippen MR) is 73.4 cm³/mol. The molecule has 1 amide bonds. The number of nitrogens with one attached hydrogen (secondary N) is 1. The standard InChI is InChI=1S/C14H22N2O2/c1-4-6-13(16(2)3)14(18)15-12-8-5-7-11(9-12)10-17/h5,7-9,13,17H,4,6,10H2,1-3H3,(H,15,18). The van der Waals surface area contributed by atoms with Gasteiger partial charge >= 0.3 is 0 Å². The van der Waals surface area contributed by atoms with E-state index in [-0.39, 0.29) is 18.6 Å². The molecule has 100 valence electrons. The second-order valence-electron chi connectivity index (χ2n) is 4.62. The average Bonchev–Trinajstić information content (AvgIpc) is 2.35. The molecule has 1 unspecified atom stereocenters. The molecule has 1 rings (SSSR count). The molecular formula is C14H22N2O2. The molecule has 0 saturated carbocycles. The first-order valence-corrected chi connectivity index (χ1v) is 6.25. The molecule has 0 radical (unpaired) electrons. The van der Waals surface area contributed by atoms with Gasteiger partial charge in [0.1, 0.15) is 0 Å². The Labute approximate surface area is 109 Å². The van der Waals surface area contributed by atoms with Crippen LogP contribution in [0.3, 0.4) is 0 Å². The fraction of sp³-hybridized carbons (Fsp3) is 0.500. The summed E-state index contributed by atoms with van der Waals surface area (Å²) in [5.41, 5.74) is 1.53. The normalized spacial score (nSPS) is 12.5. The minimum absolute atomic E-state index is 0.00283. The fourth-order valence-corrected chi connectivity index (χ4v) is 1.87. The monoisotopic (exact) mass is 250 g/mol. The Bertz CT molecular complexity index is 391. The molecule has 0 aliphatic carbocycles. The zero-order valence-electron chi connectivity index (χ0n) is 11.3. The van der Waals surface area contributed by atoms with Gasteiger partial charge in [0, 0.05) is 5.69 Å². The Balaban J connectivity index is 2.72. The van der Waals surface area contributed by atoms with Crippen molar-refractivity contribution in [2.45, 2.75) is 32.4 Å². The summed E-state index contributed by atoms with van der Waals surface area (Å²) in [5, 5.41) is 11.9. The van der Waals surface area contributed by atoms with Crippen LogP contribution in [-0.2, 0) is 11.4 Å². The van der Waals surface area contributed by atoms with Crippen LogP contribution in [0.15, 0.2) is 24.3 Å². The van der Waals surface area contributed by atoms with Gasteiger partial charge in [-0.25, -0.2) is 0 Å². The molecule has 18 heavy (non-hydrogen) atoms. The minimum atomic E-state index is -0.118. The zero-order chi connectivity index (χ0) is 13.5. The Morgan fingerprint density at radius 3 is 2.72 bits per heavy atom. The van der Waals surface area contributed by atoms with Crippen molar-refractivity contribution in [2.75, 3.05) is 19.4 Å². The van der Waals surface area contributed by atoms with E-state index in [9.17, 15) is 4.79 Å². The highest BCUT2D eigenvalue weighted by Gasteiger charge is 2.19. The van der Waals surface area contributed by atoms with Crippen LogP contribution in [0.2, 0.25) is 0 Å². The van der Waals surface area contributed by atoms with Crippen LogP contribution < -0.4 is 5.32 Å². The number of aliphatic hydroxyl groups excluding tert-OH is 1. The van der Waals surface area contributed by atoms with Gasteiger partial charge in [-0.3, -0.25) is 9.69 Å². The average molecular weight is 250 g/mol. The lowest BCUT2D eigenvalue weighted by atomic mass is 10.1. The van der Waals surface area contributed by atoms with E-state index in [4.69, 9.17) is 5.11 Å². The van der Waals surface area contributed by atoms with E-state index in [2.05, 4.69) is 12.2 Å². The van der Waals surface area contributed by atoms with Crippen LogP contribution in [0, 0.1) is 0 Å². The summed E-state index contributed by atoms with van der Waals surface area (Å²) < 4.78 is 0. The smallest absolute Gasteiger partial charge is 0.241 e. The Kier molecular flexibility index (Phi) is 5.82. The van der Waals surface area contributed by atoms with E-state index in [1.54, 1.807) is 6.07 Å². The molecule has 1 aromatic rings. The molecule has 0 aromatic heterocycles. The van der Waals surface area contributed by atoms with Crippen LogP contribution in [0.5, 0.6) is 0 Å². The first-order valence-electron chi connectivity index (χ1n) is 6.25. The van der Waals surface area contributed by atoms with Crippen molar-refractivity contribution in [3.8, 4) is 0 Å². The summed E-state index contributed by atoms with van der Waals surface area (Å²) in [6.45, 7) is 2.05. The third-order valence-electron chi connectivity index (χ3n) is 2.87. The molecule has 1 aromatic carbocycles. The molecule has 0 spiro atoms. The van der Waals surface area contributed by atoms with E-state index >= 15 is 0 Å². The predicted octanol–water partition coefficient (Wildman–Crippen LogP) is 1.85. The quantitative estimate of drug-likeness (QED) is 0.810. The minimum Gasteiger partial charge on any atom is -0.392 e. The highest BCUT2D eigenvalue weighted by molar-refractivity contribution is 5.94. The summed E-state index contributed by atoms with van der Waals surface area (Å²) >= 11 is 0. The lowest BCUT2D eigenvalue weighted by Crippen LogP contribution is -2.39. The molecule has 0 fully saturated rings. The molecule has 0 saturated heterocycles. The van der Waals surface area contributed by atoms with Crippen molar-refractivity contribution in [2.24, 2.45) is 0 Å². The summed E-state index contributed by atoms with van der Waals surface area (Å²) in [6.07, 6.45) is 1.80. The van der Waals surface area contributed by atoms with Crippen molar-refractivity contribution in [3.05, 3.63) is 29.8 Å². The topological polar surface area (TPSA) is 52.6 Å². The largest absolute Gasteiger partial charge is 0.392 e. The molecule has 4 heteroatoms. The Morgan fingerprint density at radius 2 is 2.17 bits per heavy atom. The number of aliphatic hydroxyl groups is 1. The number of anilines is 1. The summed E-state index contributed by atoms with van der Waals surface area (Å²) in [7, 11) is 3.81. The molecule has 0 aliphatic heterocycles. The maximum Gasteiger partial charge on any atom is 0.241 e. The molecule has 0 bridgehead atoms. The van der Waals surface area contributed by atoms with Gasteiger partial charge in [0.25, 0.3) is 0 Å². The Hall–Kier alpha value is -1.39. The van der Waals surface area contributed by atoms with Crippen molar-refractivity contribution in [1.29, 1.82) is 0 Å². The lowest BCUT2D eigenvalue weighted by molar-refractivity contribution is -0.120. The molecule has 4 nitrogen and oxygen atoms in total. The van der Waals surface area contributed by atoms with Gasteiger partial charge in [-0.15, -0.1) is 0 Å². The number of benzene rings is 1. The fourth-order valence-electron chi connectivity index (χ4n) is 1.87. The number of carbonyl (C=O) groups excluding carboxylic acids is 1. The van der Waals surface area contributed by atoms with Gasteiger partial charge in [0.15, 0.2) is 0 Å². The second-order valence-corrected chi connectivity index (χ2v) is 4.62. The van der Waals surface area contributed by atoms with Gasteiger partial charge in [-0.05, 0) is 38.2 Å². The van der Waals surface area contributed by atoms with E-state index in [0.29, 0.717) is 0 Å². The van der Waals surface area contributed by atoms with E-state index in [0.717, 1.165) is 24.1 Å².